The molecule has 0 aliphatic carbocycles. The normalized spacial score (nSPS) is 11.5. The molecule has 1 aromatic carbocycles. The van der Waals surface area contributed by atoms with Crippen LogP contribution in [0.15, 0.2) is 24.3 Å². The molecule has 0 aliphatic rings. The first kappa shape index (κ1) is 16.0. The van der Waals surface area contributed by atoms with Crippen LogP contribution in [0.3, 0.4) is 0 Å². The predicted molar refractivity (Wildman–Crippen MR) is 74.0 cm³/mol. The van der Waals surface area contributed by atoms with E-state index in [-0.39, 0.29) is 0 Å². The van der Waals surface area contributed by atoms with Gasteiger partial charge in [0, 0.05) is 12.7 Å². The van der Waals surface area contributed by atoms with E-state index in [2.05, 4.69) is 5.32 Å². The minimum Gasteiger partial charge on any atom is -0.388 e. The van der Waals surface area contributed by atoms with E-state index in [1.165, 1.54) is 0 Å². The molecule has 0 aromatic heterocycles. The molecule has 2 radical (unpaired) electrons. The molecule has 1 rings (SSSR count). The number of nitrogens with one attached hydrogen (secondary N) is 1. The maximum Gasteiger partial charge on any atom is 0.113 e. The summed E-state index contributed by atoms with van der Waals surface area (Å²) >= 11 is 0. The summed E-state index contributed by atoms with van der Waals surface area (Å²) in [6, 6.07) is 7.64. The third-order valence-electron chi connectivity index (χ3n) is 2.67. The standard InChI is InChI=1S/C7H8BN.C6H14O2/c1-9-7-4-2-3-6(8)5-7;1-5(2,7)6(3,4)8/h2-5,9H,1H3;7-8H,1-4H3. The predicted octanol–water partition coefficient (Wildman–Crippen LogP) is 1.05. The van der Waals surface area contributed by atoms with Gasteiger partial charge in [-0.2, -0.15) is 0 Å². The molecule has 1 aromatic rings. The van der Waals surface area contributed by atoms with Crippen molar-refractivity contribution < 1.29 is 10.2 Å². The Bertz CT molecular complexity index is 328. The molecule has 0 spiro atoms. The summed E-state index contributed by atoms with van der Waals surface area (Å²) < 4.78 is 0. The van der Waals surface area contributed by atoms with Gasteiger partial charge in [-0.1, -0.05) is 17.6 Å². The van der Waals surface area contributed by atoms with E-state index in [0.29, 0.717) is 0 Å². The first-order valence-corrected chi connectivity index (χ1v) is 5.56. The van der Waals surface area contributed by atoms with E-state index in [1.54, 1.807) is 27.7 Å². The van der Waals surface area contributed by atoms with E-state index >= 15 is 0 Å². The van der Waals surface area contributed by atoms with Gasteiger partial charge in [-0.3, -0.25) is 0 Å². The van der Waals surface area contributed by atoms with Crippen molar-refractivity contribution in [2.75, 3.05) is 12.4 Å². The maximum absolute atomic E-state index is 9.10. The van der Waals surface area contributed by atoms with Gasteiger partial charge in [0.25, 0.3) is 0 Å². The quantitative estimate of drug-likeness (QED) is 0.671. The Kier molecular flexibility index (Phi) is 5.72. The summed E-state index contributed by atoms with van der Waals surface area (Å²) in [6.07, 6.45) is 0. The molecule has 0 unspecified atom stereocenters. The second-order valence-electron chi connectivity index (χ2n) is 4.99. The van der Waals surface area contributed by atoms with Crippen LogP contribution in [0.5, 0.6) is 0 Å². The molecular formula is C13H22BNO2. The van der Waals surface area contributed by atoms with Crippen molar-refractivity contribution >= 4 is 19.0 Å². The van der Waals surface area contributed by atoms with Gasteiger partial charge in [-0.25, -0.2) is 0 Å². The van der Waals surface area contributed by atoms with Crippen molar-refractivity contribution in [1.29, 1.82) is 0 Å². The smallest absolute Gasteiger partial charge is 0.113 e. The molecule has 0 bridgehead atoms. The Morgan fingerprint density at radius 1 is 1.06 bits per heavy atom. The van der Waals surface area contributed by atoms with Gasteiger partial charge in [0.1, 0.15) is 7.85 Å². The molecule has 0 heterocycles. The highest BCUT2D eigenvalue weighted by molar-refractivity contribution is 6.32. The largest absolute Gasteiger partial charge is 0.388 e. The molecule has 3 nitrogen and oxygen atoms in total. The average Bonchev–Trinajstić information content (AvgIpc) is 2.15. The average molecular weight is 235 g/mol. The van der Waals surface area contributed by atoms with Crippen molar-refractivity contribution in [3.63, 3.8) is 0 Å². The highest BCUT2D eigenvalue weighted by Crippen LogP contribution is 2.19. The zero-order chi connectivity index (χ0) is 13.7. The van der Waals surface area contributed by atoms with E-state index in [4.69, 9.17) is 18.1 Å². The fraction of sp³-hybridized carbons (Fsp3) is 0.538. The number of anilines is 1. The fourth-order valence-corrected chi connectivity index (χ4v) is 0.694. The number of benzene rings is 1. The lowest BCUT2D eigenvalue weighted by atomic mass is 9.90. The third kappa shape index (κ3) is 6.34. The fourth-order valence-electron chi connectivity index (χ4n) is 0.694. The van der Waals surface area contributed by atoms with E-state index in [1.807, 2.05) is 31.3 Å². The van der Waals surface area contributed by atoms with Crippen LogP contribution in [0.1, 0.15) is 27.7 Å². The van der Waals surface area contributed by atoms with Crippen LogP contribution in [0.25, 0.3) is 0 Å². The zero-order valence-corrected chi connectivity index (χ0v) is 11.3. The topological polar surface area (TPSA) is 52.5 Å². The Morgan fingerprint density at radius 2 is 1.53 bits per heavy atom. The molecule has 0 aliphatic heterocycles. The van der Waals surface area contributed by atoms with Crippen LogP contribution in [0, 0.1) is 0 Å². The lowest BCUT2D eigenvalue weighted by molar-refractivity contribution is -0.107. The number of rotatable bonds is 2. The molecule has 0 atom stereocenters. The Balaban J connectivity index is 0.000000304. The van der Waals surface area contributed by atoms with E-state index < -0.39 is 11.2 Å². The summed E-state index contributed by atoms with van der Waals surface area (Å²) in [7, 11) is 7.36. The molecule has 0 saturated carbocycles. The van der Waals surface area contributed by atoms with E-state index in [0.717, 1.165) is 11.2 Å². The summed E-state index contributed by atoms with van der Waals surface area (Å²) in [4.78, 5) is 0. The van der Waals surface area contributed by atoms with Gasteiger partial charge < -0.3 is 15.5 Å². The summed E-state index contributed by atoms with van der Waals surface area (Å²) in [5.41, 5.74) is -0.170. The molecule has 0 saturated heterocycles. The molecule has 17 heavy (non-hydrogen) atoms. The molecular weight excluding hydrogens is 213 g/mol. The van der Waals surface area contributed by atoms with Gasteiger partial charge in [-0.15, -0.1) is 0 Å². The number of hydrogen-bond donors (Lipinski definition) is 3. The van der Waals surface area contributed by atoms with Crippen LogP contribution in [0.2, 0.25) is 0 Å². The van der Waals surface area contributed by atoms with Gasteiger partial charge in [-0.05, 0) is 39.8 Å². The van der Waals surface area contributed by atoms with Gasteiger partial charge in [0.05, 0.1) is 11.2 Å². The monoisotopic (exact) mass is 235 g/mol. The van der Waals surface area contributed by atoms with Crippen LogP contribution >= 0.6 is 0 Å². The summed E-state index contributed by atoms with van der Waals surface area (Å²) in [5.74, 6) is 0. The molecule has 94 valence electrons. The summed E-state index contributed by atoms with van der Waals surface area (Å²) in [6.45, 7) is 6.31. The lowest BCUT2D eigenvalue weighted by Crippen LogP contribution is -2.44. The summed E-state index contributed by atoms with van der Waals surface area (Å²) in [5, 5.41) is 21.2. The van der Waals surface area contributed by atoms with Crippen molar-refractivity contribution in [1.82, 2.24) is 0 Å². The molecule has 4 heteroatoms. The highest BCUT2D eigenvalue weighted by Gasteiger charge is 2.31. The Hall–Kier alpha value is -0.995. The second kappa shape index (κ2) is 6.08. The van der Waals surface area contributed by atoms with E-state index in [9.17, 15) is 0 Å². The van der Waals surface area contributed by atoms with Crippen molar-refractivity contribution in [2.24, 2.45) is 0 Å². The maximum atomic E-state index is 9.10. The second-order valence-corrected chi connectivity index (χ2v) is 4.99. The number of aliphatic hydroxyl groups is 2. The van der Waals surface area contributed by atoms with Gasteiger partial charge in [0.15, 0.2) is 0 Å². The SMILES string of the molecule is CC(C)(O)C(C)(C)O.[B]c1cccc(NC)c1. The molecule has 0 amide bonds. The van der Waals surface area contributed by atoms with Crippen molar-refractivity contribution in [3.05, 3.63) is 24.3 Å². The van der Waals surface area contributed by atoms with Crippen LogP contribution in [-0.4, -0.2) is 36.3 Å². The minimum absolute atomic E-state index is 0.793. The Labute approximate surface area is 105 Å². The van der Waals surface area contributed by atoms with Gasteiger partial charge >= 0.3 is 0 Å². The highest BCUT2D eigenvalue weighted by atomic mass is 16.3. The number of hydrogen-bond acceptors (Lipinski definition) is 3. The van der Waals surface area contributed by atoms with Gasteiger partial charge in [0.2, 0.25) is 0 Å². The molecule has 3 N–H and O–H groups in total. The minimum atomic E-state index is -1.01. The first-order valence-electron chi connectivity index (χ1n) is 5.56. The molecule has 0 fully saturated rings. The van der Waals surface area contributed by atoms with Crippen molar-refractivity contribution in [2.45, 2.75) is 38.9 Å². The lowest BCUT2D eigenvalue weighted by Gasteiger charge is -2.31. The van der Waals surface area contributed by atoms with Crippen LogP contribution in [-0.2, 0) is 0 Å². The van der Waals surface area contributed by atoms with Crippen LogP contribution < -0.4 is 10.8 Å². The van der Waals surface area contributed by atoms with Crippen LogP contribution in [0.4, 0.5) is 5.69 Å². The first-order chi connectivity index (χ1) is 7.58. The third-order valence-corrected chi connectivity index (χ3v) is 2.67. The Morgan fingerprint density at radius 3 is 1.76 bits per heavy atom. The van der Waals surface area contributed by atoms with Crippen molar-refractivity contribution in [3.8, 4) is 0 Å². The zero-order valence-electron chi connectivity index (χ0n) is 11.3.